The van der Waals surface area contributed by atoms with Crippen molar-refractivity contribution in [2.75, 3.05) is 44.9 Å². The number of anilines is 1. The van der Waals surface area contributed by atoms with Crippen molar-refractivity contribution in [1.82, 2.24) is 5.32 Å². The van der Waals surface area contributed by atoms with Gasteiger partial charge in [0.2, 0.25) is 5.91 Å². The lowest BCUT2D eigenvalue weighted by molar-refractivity contribution is -0.124. The van der Waals surface area contributed by atoms with Gasteiger partial charge in [0.15, 0.2) is 0 Å². The van der Waals surface area contributed by atoms with Gasteiger partial charge >= 0.3 is 0 Å². The summed E-state index contributed by atoms with van der Waals surface area (Å²) < 4.78 is 10.1. The molecule has 1 aromatic rings. The lowest BCUT2D eigenvalue weighted by Crippen LogP contribution is -2.36. The largest absolute Gasteiger partial charge is 0.378 e. The summed E-state index contributed by atoms with van der Waals surface area (Å²) in [5.41, 5.74) is 2.29. The highest BCUT2D eigenvalue weighted by molar-refractivity contribution is 5.77. The van der Waals surface area contributed by atoms with E-state index in [-0.39, 0.29) is 12.5 Å². The molecule has 19 heavy (non-hydrogen) atoms. The number of hydrogen-bond acceptors (Lipinski definition) is 4. The first-order valence-corrected chi connectivity index (χ1v) is 6.47. The summed E-state index contributed by atoms with van der Waals surface area (Å²) in [6, 6.07) is 8.25. The van der Waals surface area contributed by atoms with Gasteiger partial charge < -0.3 is 19.7 Å². The van der Waals surface area contributed by atoms with Crippen LogP contribution in [0.2, 0.25) is 0 Å². The quantitative estimate of drug-likeness (QED) is 0.854. The van der Waals surface area contributed by atoms with Gasteiger partial charge in [-0.1, -0.05) is 12.1 Å². The van der Waals surface area contributed by atoms with Crippen LogP contribution in [-0.4, -0.2) is 45.9 Å². The fourth-order valence-electron chi connectivity index (χ4n) is 2.03. The summed E-state index contributed by atoms with van der Waals surface area (Å²) >= 11 is 0. The third-order valence-corrected chi connectivity index (χ3v) is 3.08. The maximum atomic E-state index is 11.3. The summed E-state index contributed by atoms with van der Waals surface area (Å²) in [6.07, 6.45) is 0. The molecule has 1 N–H and O–H groups in total. The van der Waals surface area contributed by atoms with Crippen molar-refractivity contribution in [3.63, 3.8) is 0 Å². The van der Waals surface area contributed by atoms with Crippen LogP contribution in [-0.2, 0) is 20.8 Å². The topological polar surface area (TPSA) is 50.8 Å². The van der Waals surface area contributed by atoms with Gasteiger partial charge in [0.25, 0.3) is 0 Å². The number of carbonyl (C=O) groups excluding carboxylic acids is 1. The van der Waals surface area contributed by atoms with Crippen molar-refractivity contribution in [2.24, 2.45) is 0 Å². The van der Waals surface area contributed by atoms with Crippen molar-refractivity contribution in [1.29, 1.82) is 0 Å². The smallest absolute Gasteiger partial charge is 0.246 e. The number of nitrogens with one attached hydrogen (secondary N) is 1. The molecule has 104 valence electrons. The Bertz CT molecular complexity index is 400. The number of methoxy groups -OCH3 is 1. The van der Waals surface area contributed by atoms with E-state index in [4.69, 9.17) is 9.47 Å². The molecular formula is C14H20N2O3. The predicted molar refractivity (Wildman–Crippen MR) is 73.2 cm³/mol. The predicted octanol–water partition coefficient (Wildman–Crippen LogP) is 0.786. The molecule has 1 aliphatic heterocycles. The summed E-state index contributed by atoms with van der Waals surface area (Å²) in [5.74, 6) is -0.0974. The molecule has 1 amide bonds. The van der Waals surface area contributed by atoms with Crippen LogP contribution >= 0.6 is 0 Å². The molecule has 5 heteroatoms. The van der Waals surface area contributed by atoms with Gasteiger partial charge in [-0.15, -0.1) is 0 Å². The Hall–Kier alpha value is -1.59. The minimum absolute atomic E-state index is 0.0974. The molecule has 0 saturated carbocycles. The van der Waals surface area contributed by atoms with E-state index in [2.05, 4.69) is 22.3 Å². The van der Waals surface area contributed by atoms with Gasteiger partial charge in [0.1, 0.15) is 6.61 Å². The zero-order chi connectivity index (χ0) is 13.5. The molecule has 0 unspecified atom stereocenters. The summed E-state index contributed by atoms with van der Waals surface area (Å²) in [7, 11) is 1.51. The first-order valence-electron chi connectivity index (χ1n) is 6.47. The molecule has 2 rings (SSSR count). The Kier molecular flexibility index (Phi) is 5.18. The molecule has 1 aromatic carbocycles. The monoisotopic (exact) mass is 264 g/mol. The third kappa shape index (κ3) is 4.22. The molecule has 0 atom stereocenters. The minimum Gasteiger partial charge on any atom is -0.378 e. The lowest BCUT2D eigenvalue weighted by atomic mass is 10.2. The van der Waals surface area contributed by atoms with Crippen molar-refractivity contribution >= 4 is 11.6 Å². The third-order valence-electron chi connectivity index (χ3n) is 3.08. The second kappa shape index (κ2) is 7.11. The van der Waals surface area contributed by atoms with E-state index in [1.165, 1.54) is 12.8 Å². The standard InChI is InChI=1S/C14H20N2O3/c1-18-11-14(17)15-10-12-2-4-13(5-3-12)16-6-8-19-9-7-16/h2-5H,6-11H2,1H3,(H,15,17). The van der Waals surface area contributed by atoms with Crippen molar-refractivity contribution < 1.29 is 14.3 Å². The average Bonchev–Trinajstić information content (AvgIpc) is 2.47. The van der Waals surface area contributed by atoms with Gasteiger partial charge in [-0.05, 0) is 17.7 Å². The summed E-state index contributed by atoms with van der Waals surface area (Å²) in [4.78, 5) is 13.6. The SMILES string of the molecule is COCC(=O)NCc1ccc(N2CCOCC2)cc1. The molecule has 1 aliphatic rings. The maximum absolute atomic E-state index is 11.3. The van der Waals surface area contributed by atoms with Crippen molar-refractivity contribution in [3.8, 4) is 0 Å². The molecule has 1 fully saturated rings. The molecule has 5 nitrogen and oxygen atoms in total. The highest BCUT2D eigenvalue weighted by atomic mass is 16.5. The fourth-order valence-corrected chi connectivity index (χ4v) is 2.03. The van der Waals surface area contributed by atoms with Crippen LogP contribution in [0, 0.1) is 0 Å². The van der Waals surface area contributed by atoms with Crippen molar-refractivity contribution in [3.05, 3.63) is 29.8 Å². The molecule has 0 bridgehead atoms. The maximum Gasteiger partial charge on any atom is 0.246 e. The van der Waals surface area contributed by atoms with E-state index < -0.39 is 0 Å². The molecule has 0 aliphatic carbocycles. The zero-order valence-corrected chi connectivity index (χ0v) is 11.2. The van der Waals surface area contributed by atoms with Crippen LogP contribution in [0.1, 0.15) is 5.56 Å². The van der Waals surface area contributed by atoms with E-state index in [1.54, 1.807) is 0 Å². The Morgan fingerprint density at radius 3 is 2.63 bits per heavy atom. The average molecular weight is 264 g/mol. The Balaban J connectivity index is 1.85. The van der Waals surface area contributed by atoms with Crippen LogP contribution < -0.4 is 10.2 Å². The number of carbonyl (C=O) groups is 1. The normalized spacial score (nSPS) is 15.3. The number of nitrogens with zero attached hydrogens (tertiary/aromatic N) is 1. The second-order valence-corrected chi connectivity index (χ2v) is 4.48. The van der Waals surface area contributed by atoms with Gasteiger partial charge in [-0.3, -0.25) is 4.79 Å². The van der Waals surface area contributed by atoms with E-state index in [0.717, 1.165) is 31.9 Å². The Morgan fingerprint density at radius 2 is 2.00 bits per heavy atom. The minimum atomic E-state index is -0.0974. The zero-order valence-electron chi connectivity index (χ0n) is 11.2. The Morgan fingerprint density at radius 1 is 1.32 bits per heavy atom. The van der Waals surface area contributed by atoms with Crippen LogP contribution in [0.5, 0.6) is 0 Å². The number of amides is 1. The molecule has 0 spiro atoms. The van der Waals surface area contributed by atoms with Crippen LogP contribution in [0.25, 0.3) is 0 Å². The van der Waals surface area contributed by atoms with Gasteiger partial charge in [-0.25, -0.2) is 0 Å². The number of hydrogen-bond donors (Lipinski definition) is 1. The number of ether oxygens (including phenoxy) is 2. The number of rotatable bonds is 5. The number of benzene rings is 1. The summed E-state index contributed by atoms with van der Waals surface area (Å²) in [5, 5.41) is 2.80. The molecule has 1 saturated heterocycles. The van der Waals surface area contributed by atoms with Crippen molar-refractivity contribution in [2.45, 2.75) is 6.54 Å². The van der Waals surface area contributed by atoms with Crippen LogP contribution in [0.4, 0.5) is 5.69 Å². The molecular weight excluding hydrogens is 244 g/mol. The highest BCUT2D eigenvalue weighted by Crippen LogP contribution is 2.16. The van der Waals surface area contributed by atoms with Gasteiger partial charge in [0.05, 0.1) is 13.2 Å². The molecule has 0 aromatic heterocycles. The van der Waals surface area contributed by atoms with Gasteiger partial charge in [0, 0.05) is 32.4 Å². The second-order valence-electron chi connectivity index (χ2n) is 4.48. The number of morpholine rings is 1. The van der Waals surface area contributed by atoms with Crippen LogP contribution in [0.3, 0.4) is 0 Å². The van der Waals surface area contributed by atoms with Gasteiger partial charge in [-0.2, -0.15) is 0 Å². The molecule has 1 heterocycles. The van der Waals surface area contributed by atoms with Crippen LogP contribution in [0.15, 0.2) is 24.3 Å². The van der Waals surface area contributed by atoms with E-state index in [9.17, 15) is 4.79 Å². The van der Waals surface area contributed by atoms with E-state index in [0.29, 0.717) is 6.54 Å². The molecule has 0 radical (unpaired) electrons. The summed E-state index contributed by atoms with van der Waals surface area (Å²) in [6.45, 7) is 4.08. The lowest BCUT2D eigenvalue weighted by Gasteiger charge is -2.28. The first-order chi connectivity index (χ1) is 9.29. The highest BCUT2D eigenvalue weighted by Gasteiger charge is 2.10. The first kappa shape index (κ1) is 13.8. The van der Waals surface area contributed by atoms with E-state index >= 15 is 0 Å². The Labute approximate surface area is 113 Å². The fraction of sp³-hybridized carbons (Fsp3) is 0.500. The van der Waals surface area contributed by atoms with E-state index in [1.807, 2.05) is 12.1 Å².